The molecule has 6 heteroatoms. The molecule has 0 unspecified atom stereocenters. The number of fused-ring (bicyclic) bond motifs is 1. The van der Waals surface area contributed by atoms with Gasteiger partial charge in [-0.05, 0) is 48.9 Å². The number of hydrogen-bond donors (Lipinski definition) is 0. The lowest BCUT2D eigenvalue weighted by molar-refractivity contribution is -0.134. The summed E-state index contributed by atoms with van der Waals surface area (Å²) < 4.78 is 6.03. The van der Waals surface area contributed by atoms with Gasteiger partial charge in [0, 0.05) is 44.3 Å². The van der Waals surface area contributed by atoms with Crippen molar-refractivity contribution in [1.29, 1.82) is 0 Å². The molecule has 0 spiro atoms. The average Bonchev–Trinajstić information content (AvgIpc) is 2.97. The van der Waals surface area contributed by atoms with Crippen LogP contribution in [-0.2, 0) is 4.79 Å². The van der Waals surface area contributed by atoms with Crippen LogP contribution in [0.2, 0.25) is 0 Å². The standard InChI is InChI=1S/C32H36N4O2/c1-34(19-10-24-38-30-17-8-16-29-28(30)15-9-18-33-29)25-31(37)35-20-22-36(23-21-35)32(26-11-4-2-5-12-26)27-13-6-3-7-14-27/h2-9,11-18,32H,10,19-25H2,1H3. The fourth-order valence-electron chi connectivity index (χ4n) is 5.24. The Morgan fingerprint density at radius 1 is 0.868 bits per heavy atom. The van der Waals surface area contributed by atoms with E-state index < -0.39 is 0 Å². The topological polar surface area (TPSA) is 48.9 Å². The maximum absolute atomic E-state index is 13.1. The van der Waals surface area contributed by atoms with Crippen molar-refractivity contribution in [2.75, 3.05) is 52.9 Å². The van der Waals surface area contributed by atoms with E-state index in [9.17, 15) is 4.79 Å². The quantitative estimate of drug-likeness (QED) is 0.286. The lowest BCUT2D eigenvalue weighted by Crippen LogP contribution is -2.51. The predicted molar refractivity (Wildman–Crippen MR) is 152 cm³/mol. The van der Waals surface area contributed by atoms with Crippen molar-refractivity contribution in [3.8, 4) is 5.75 Å². The molecule has 1 saturated heterocycles. The maximum Gasteiger partial charge on any atom is 0.236 e. The molecule has 38 heavy (non-hydrogen) atoms. The zero-order valence-electron chi connectivity index (χ0n) is 22.1. The van der Waals surface area contributed by atoms with E-state index in [1.54, 1.807) is 6.20 Å². The van der Waals surface area contributed by atoms with Gasteiger partial charge in [-0.15, -0.1) is 0 Å². The smallest absolute Gasteiger partial charge is 0.236 e. The van der Waals surface area contributed by atoms with Crippen LogP contribution >= 0.6 is 0 Å². The Morgan fingerprint density at radius 2 is 1.55 bits per heavy atom. The molecule has 0 N–H and O–H groups in total. The fraction of sp³-hybridized carbons (Fsp3) is 0.312. The number of carbonyl (C=O) groups is 1. The molecule has 0 atom stereocenters. The van der Waals surface area contributed by atoms with Crippen molar-refractivity contribution in [3.05, 3.63) is 108 Å². The van der Waals surface area contributed by atoms with Crippen molar-refractivity contribution >= 4 is 16.8 Å². The Hall–Kier alpha value is -3.74. The van der Waals surface area contributed by atoms with E-state index in [-0.39, 0.29) is 11.9 Å². The maximum atomic E-state index is 13.1. The van der Waals surface area contributed by atoms with E-state index in [1.165, 1.54) is 11.1 Å². The first-order chi connectivity index (χ1) is 18.7. The molecule has 0 radical (unpaired) electrons. The molecule has 1 aliphatic heterocycles. The van der Waals surface area contributed by atoms with E-state index in [1.807, 2.05) is 42.3 Å². The van der Waals surface area contributed by atoms with E-state index in [0.717, 1.165) is 55.8 Å². The predicted octanol–water partition coefficient (Wildman–Crippen LogP) is 4.87. The molecule has 1 amide bonds. The number of ether oxygens (including phenoxy) is 1. The first kappa shape index (κ1) is 25.9. The highest BCUT2D eigenvalue weighted by Crippen LogP contribution is 2.29. The monoisotopic (exact) mass is 508 g/mol. The summed E-state index contributed by atoms with van der Waals surface area (Å²) in [5.74, 6) is 1.06. The van der Waals surface area contributed by atoms with Gasteiger partial charge in [0.1, 0.15) is 5.75 Å². The highest BCUT2D eigenvalue weighted by molar-refractivity contribution is 5.84. The number of rotatable bonds is 10. The number of carbonyl (C=O) groups excluding carboxylic acids is 1. The van der Waals surface area contributed by atoms with Gasteiger partial charge in [-0.1, -0.05) is 66.7 Å². The minimum Gasteiger partial charge on any atom is -0.493 e. The Morgan fingerprint density at radius 3 is 2.24 bits per heavy atom. The summed E-state index contributed by atoms with van der Waals surface area (Å²) in [6, 6.07) is 31.4. The summed E-state index contributed by atoms with van der Waals surface area (Å²) in [6.07, 6.45) is 2.65. The fourth-order valence-corrected chi connectivity index (χ4v) is 5.24. The van der Waals surface area contributed by atoms with Crippen LogP contribution in [0.25, 0.3) is 10.9 Å². The van der Waals surface area contributed by atoms with Crippen LogP contribution in [0.15, 0.2) is 97.2 Å². The van der Waals surface area contributed by atoms with Gasteiger partial charge in [0.2, 0.25) is 5.91 Å². The largest absolute Gasteiger partial charge is 0.493 e. The molecule has 1 fully saturated rings. The summed E-state index contributed by atoms with van der Waals surface area (Å²) in [6.45, 7) is 5.06. The summed E-state index contributed by atoms with van der Waals surface area (Å²) >= 11 is 0. The molecule has 0 bridgehead atoms. The minimum absolute atomic E-state index is 0.198. The number of amides is 1. The zero-order valence-corrected chi connectivity index (χ0v) is 22.1. The molecule has 3 aromatic carbocycles. The van der Waals surface area contributed by atoms with Crippen molar-refractivity contribution in [2.45, 2.75) is 12.5 Å². The molecule has 196 valence electrons. The van der Waals surface area contributed by atoms with Gasteiger partial charge >= 0.3 is 0 Å². The number of hydrogen-bond acceptors (Lipinski definition) is 5. The summed E-state index contributed by atoms with van der Waals surface area (Å²) in [4.78, 5) is 24.0. The highest BCUT2D eigenvalue weighted by atomic mass is 16.5. The van der Waals surface area contributed by atoms with E-state index in [0.29, 0.717) is 13.2 Å². The molecule has 2 heterocycles. The Kier molecular flexibility index (Phi) is 8.64. The first-order valence-corrected chi connectivity index (χ1v) is 13.5. The SMILES string of the molecule is CN(CCCOc1cccc2ncccc12)CC(=O)N1CCN(C(c2ccccc2)c2ccccc2)CC1. The number of pyridine rings is 1. The van der Waals surface area contributed by atoms with Crippen LogP contribution in [0.5, 0.6) is 5.75 Å². The molecule has 0 saturated carbocycles. The van der Waals surface area contributed by atoms with Crippen molar-refractivity contribution in [1.82, 2.24) is 19.7 Å². The summed E-state index contributed by atoms with van der Waals surface area (Å²) in [5, 5.41) is 1.03. The van der Waals surface area contributed by atoms with E-state index >= 15 is 0 Å². The van der Waals surface area contributed by atoms with Gasteiger partial charge in [-0.25, -0.2) is 0 Å². The molecule has 4 aromatic rings. The Labute approximate surface area is 225 Å². The lowest BCUT2D eigenvalue weighted by atomic mass is 9.96. The number of likely N-dealkylation sites (N-methyl/N-ethyl adjacent to an activating group) is 1. The van der Waals surface area contributed by atoms with Crippen LogP contribution in [0, 0.1) is 0 Å². The van der Waals surface area contributed by atoms with Crippen molar-refractivity contribution < 1.29 is 9.53 Å². The third-order valence-electron chi connectivity index (χ3n) is 7.22. The second kappa shape index (κ2) is 12.7. The molecule has 6 nitrogen and oxygen atoms in total. The molecule has 1 aliphatic rings. The van der Waals surface area contributed by atoms with Crippen LogP contribution in [0.1, 0.15) is 23.6 Å². The Bertz CT molecular complexity index is 1260. The van der Waals surface area contributed by atoms with Gasteiger partial charge in [-0.2, -0.15) is 0 Å². The van der Waals surface area contributed by atoms with Gasteiger partial charge in [0.15, 0.2) is 0 Å². The second-order valence-electron chi connectivity index (χ2n) is 9.91. The zero-order chi connectivity index (χ0) is 26.2. The molecular formula is C32H36N4O2. The molecule has 5 rings (SSSR count). The molecule has 0 aliphatic carbocycles. The summed E-state index contributed by atoms with van der Waals surface area (Å²) in [5.41, 5.74) is 3.52. The van der Waals surface area contributed by atoms with Crippen LogP contribution in [0.3, 0.4) is 0 Å². The highest BCUT2D eigenvalue weighted by Gasteiger charge is 2.28. The van der Waals surface area contributed by atoms with Gasteiger partial charge in [-0.3, -0.25) is 19.6 Å². The first-order valence-electron chi connectivity index (χ1n) is 13.5. The van der Waals surface area contributed by atoms with Crippen molar-refractivity contribution in [3.63, 3.8) is 0 Å². The van der Waals surface area contributed by atoms with Crippen LogP contribution in [0.4, 0.5) is 0 Å². The van der Waals surface area contributed by atoms with E-state index in [4.69, 9.17) is 4.74 Å². The number of benzene rings is 3. The second-order valence-corrected chi connectivity index (χ2v) is 9.91. The van der Waals surface area contributed by atoms with Crippen LogP contribution < -0.4 is 4.74 Å². The van der Waals surface area contributed by atoms with E-state index in [2.05, 4.69) is 75.4 Å². The minimum atomic E-state index is 0.198. The average molecular weight is 509 g/mol. The number of piperazine rings is 1. The van der Waals surface area contributed by atoms with Crippen LogP contribution in [-0.4, -0.2) is 78.5 Å². The molecular weight excluding hydrogens is 472 g/mol. The lowest BCUT2D eigenvalue weighted by Gasteiger charge is -2.40. The van der Waals surface area contributed by atoms with Gasteiger partial charge in [0.25, 0.3) is 0 Å². The molecule has 1 aromatic heterocycles. The third kappa shape index (κ3) is 6.39. The number of nitrogens with zero attached hydrogens (tertiary/aromatic N) is 4. The van der Waals surface area contributed by atoms with Gasteiger partial charge < -0.3 is 9.64 Å². The van der Waals surface area contributed by atoms with Crippen molar-refractivity contribution in [2.24, 2.45) is 0 Å². The van der Waals surface area contributed by atoms with Gasteiger partial charge in [0.05, 0.1) is 24.7 Å². The Balaban J connectivity index is 1.09. The normalized spacial score (nSPS) is 14.3. The summed E-state index contributed by atoms with van der Waals surface area (Å²) in [7, 11) is 2.01. The number of aromatic nitrogens is 1. The third-order valence-corrected chi connectivity index (χ3v) is 7.22.